The molecule has 0 atom stereocenters. The number of aromatic nitrogens is 1. The highest BCUT2D eigenvalue weighted by Crippen LogP contribution is 2.09. The zero-order chi connectivity index (χ0) is 13.2. The second kappa shape index (κ2) is 8.85. The summed E-state index contributed by atoms with van der Waals surface area (Å²) < 4.78 is 10.0. The Morgan fingerprint density at radius 2 is 2.00 bits per heavy atom. The lowest BCUT2D eigenvalue weighted by Crippen LogP contribution is -2.23. The summed E-state index contributed by atoms with van der Waals surface area (Å²) in [6.45, 7) is 3.95. The molecular weight excluding hydrogens is 230 g/mol. The van der Waals surface area contributed by atoms with Crippen molar-refractivity contribution in [2.45, 2.75) is 6.54 Å². The minimum absolute atomic E-state index is 0.707. The number of pyridine rings is 1. The SMILES string of the molecule is COCCNCc1ccc(N(C)CCOC)nc1. The van der Waals surface area contributed by atoms with Gasteiger partial charge < -0.3 is 19.7 Å². The molecule has 0 aliphatic carbocycles. The summed E-state index contributed by atoms with van der Waals surface area (Å²) >= 11 is 0. The van der Waals surface area contributed by atoms with Crippen LogP contribution < -0.4 is 10.2 Å². The monoisotopic (exact) mass is 253 g/mol. The summed E-state index contributed by atoms with van der Waals surface area (Å²) in [6, 6.07) is 4.12. The quantitative estimate of drug-likeness (QED) is 0.663. The summed E-state index contributed by atoms with van der Waals surface area (Å²) in [5.41, 5.74) is 1.18. The van der Waals surface area contributed by atoms with Crippen molar-refractivity contribution in [3.8, 4) is 0 Å². The van der Waals surface area contributed by atoms with E-state index in [4.69, 9.17) is 9.47 Å². The molecule has 1 rings (SSSR count). The average molecular weight is 253 g/mol. The maximum Gasteiger partial charge on any atom is 0.128 e. The van der Waals surface area contributed by atoms with Crippen LogP contribution in [0.15, 0.2) is 18.3 Å². The first-order chi connectivity index (χ1) is 8.77. The largest absolute Gasteiger partial charge is 0.383 e. The molecule has 0 fully saturated rings. The molecule has 0 aliphatic rings. The lowest BCUT2D eigenvalue weighted by Gasteiger charge is -2.17. The van der Waals surface area contributed by atoms with Gasteiger partial charge in [-0.05, 0) is 11.6 Å². The van der Waals surface area contributed by atoms with E-state index in [-0.39, 0.29) is 0 Å². The van der Waals surface area contributed by atoms with E-state index in [1.165, 1.54) is 5.56 Å². The standard InChI is InChI=1S/C13H23N3O2/c1-16(7-9-18-3)13-5-4-12(11-15-13)10-14-6-8-17-2/h4-5,11,14H,6-10H2,1-3H3. The molecule has 1 N–H and O–H groups in total. The fraction of sp³-hybridized carbons (Fsp3) is 0.615. The number of ether oxygens (including phenoxy) is 2. The number of rotatable bonds is 9. The van der Waals surface area contributed by atoms with Gasteiger partial charge in [-0.25, -0.2) is 4.98 Å². The molecule has 18 heavy (non-hydrogen) atoms. The van der Waals surface area contributed by atoms with Crippen molar-refractivity contribution in [3.05, 3.63) is 23.9 Å². The van der Waals surface area contributed by atoms with E-state index in [0.717, 1.165) is 32.1 Å². The molecule has 0 aliphatic heterocycles. The third-order valence-electron chi connectivity index (χ3n) is 2.64. The van der Waals surface area contributed by atoms with Crippen LogP contribution in [0, 0.1) is 0 Å². The molecule has 0 saturated heterocycles. The average Bonchev–Trinajstić information content (AvgIpc) is 2.41. The Balaban J connectivity index is 2.37. The predicted molar refractivity (Wildman–Crippen MR) is 73.0 cm³/mol. The predicted octanol–water partition coefficient (Wildman–Crippen LogP) is 0.900. The highest BCUT2D eigenvalue weighted by molar-refractivity contribution is 5.38. The lowest BCUT2D eigenvalue weighted by atomic mass is 10.2. The van der Waals surface area contributed by atoms with Crippen LogP contribution in [0.3, 0.4) is 0 Å². The number of nitrogens with one attached hydrogen (secondary N) is 1. The maximum atomic E-state index is 5.04. The van der Waals surface area contributed by atoms with Crippen molar-refractivity contribution >= 4 is 5.82 Å². The van der Waals surface area contributed by atoms with Crippen LogP contribution in [0.2, 0.25) is 0 Å². The van der Waals surface area contributed by atoms with Crippen molar-refractivity contribution in [2.75, 3.05) is 52.5 Å². The van der Waals surface area contributed by atoms with Gasteiger partial charge in [0.05, 0.1) is 13.2 Å². The molecule has 0 bridgehead atoms. The third kappa shape index (κ3) is 5.44. The van der Waals surface area contributed by atoms with Crippen LogP contribution in [0.5, 0.6) is 0 Å². The normalized spacial score (nSPS) is 10.6. The fourth-order valence-corrected chi connectivity index (χ4v) is 1.50. The van der Waals surface area contributed by atoms with Gasteiger partial charge in [0, 0.05) is 47.1 Å². The molecule has 0 amide bonds. The highest BCUT2D eigenvalue weighted by Gasteiger charge is 2.01. The zero-order valence-electron chi connectivity index (χ0n) is 11.5. The fourth-order valence-electron chi connectivity index (χ4n) is 1.50. The molecule has 0 radical (unpaired) electrons. The topological polar surface area (TPSA) is 46.6 Å². The van der Waals surface area contributed by atoms with Crippen LogP contribution in [0.25, 0.3) is 0 Å². The van der Waals surface area contributed by atoms with Gasteiger partial charge in [-0.2, -0.15) is 0 Å². The van der Waals surface area contributed by atoms with Crippen LogP contribution in [0.4, 0.5) is 5.82 Å². The molecule has 5 heteroatoms. The molecule has 102 valence electrons. The van der Waals surface area contributed by atoms with Crippen LogP contribution in [-0.4, -0.2) is 52.6 Å². The molecule has 0 saturated carbocycles. The van der Waals surface area contributed by atoms with Crippen molar-refractivity contribution in [3.63, 3.8) is 0 Å². The van der Waals surface area contributed by atoms with Gasteiger partial charge in [0.2, 0.25) is 0 Å². The first-order valence-electron chi connectivity index (χ1n) is 6.12. The second-order valence-electron chi connectivity index (χ2n) is 4.11. The second-order valence-corrected chi connectivity index (χ2v) is 4.11. The molecule has 0 spiro atoms. The van der Waals surface area contributed by atoms with E-state index in [9.17, 15) is 0 Å². The summed E-state index contributed by atoms with van der Waals surface area (Å²) in [5.74, 6) is 0.965. The summed E-state index contributed by atoms with van der Waals surface area (Å²) in [7, 11) is 5.42. The van der Waals surface area contributed by atoms with Crippen LogP contribution in [0.1, 0.15) is 5.56 Å². The lowest BCUT2D eigenvalue weighted by molar-refractivity contribution is 0.199. The van der Waals surface area contributed by atoms with Gasteiger partial charge in [0.25, 0.3) is 0 Å². The number of anilines is 1. The number of hydrogen-bond acceptors (Lipinski definition) is 5. The van der Waals surface area contributed by atoms with Crippen molar-refractivity contribution in [2.24, 2.45) is 0 Å². The summed E-state index contributed by atoms with van der Waals surface area (Å²) in [4.78, 5) is 6.50. The maximum absolute atomic E-state index is 5.04. The van der Waals surface area contributed by atoms with E-state index >= 15 is 0 Å². The van der Waals surface area contributed by atoms with Gasteiger partial charge in [-0.15, -0.1) is 0 Å². The molecule has 1 aromatic heterocycles. The first kappa shape index (κ1) is 14.9. The van der Waals surface area contributed by atoms with E-state index < -0.39 is 0 Å². The third-order valence-corrected chi connectivity index (χ3v) is 2.64. The van der Waals surface area contributed by atoms with Crippen molar-refractivity contribution < 1.29 is 9.47 Å². The van der Waals surface area contributed by atoms with E-state index in [1.54, 1.807) is 14.2 Å². The molecule has 0 aromatic carbocycles. The zero-order valence-corrected chi connectivity index (χ0v) is 11.5. The van der Waals surface area contributed by atoms with Crippen molar-refractivity contribution in [1.29, 1.82) is 0 Å². The number of hydrogen-bond donors (Lipinski definition) is 1. The Bertz CT molecular complexity index is 317. The molecule has 5 nitrogen and oxygen atoms in total. The Morgan fingerprint density at radius 3 is 2.61 bits per heavy atom. The molecule has 1 heterocycles. The van der Waals surface area contributed by atoms with Crippen molar-refractivity contribution in [1.82, 2.24) is 10.3 Å². The first-order valence-corrected chi connectivity index (χ1v) is 6.12. The van der Waals surface area contributed by atoms with Gasteiger partial charge in [0.15, 0.2) is 0 Å². The molecule has 0 unspecified atom stereocenters. The Morgan fingerprint density at radius 1 is 1.22 bits per heavy atom. The molecular formula is C13H23N3O2. The number of nitrogens with zero attached hydrogens (tertiary/aromatic N) is 2. The van der Waals surface area contributed by atoms with E-state index in [0.29, 0.717) is 6.61 Å². The Labute approximate surface area is 109 Å². The summed E-state index contributed by atoms with van der Waals surface area (Å²) in [5, 5.41) is 3.29. The van der Waals surface area contributed by atoms with Gasteiger partial charge in [-0.1, -0.05) is 6.07 Å². The minimum atomic E-state index is 0.707. The Hall–Kier alpha value is -1.17. The smallest absolute Gasteiger partial charge is 0.128 e. The van der Waals surface area contributed by atoms with Crippen LogP contribution in [-0.2, 0) is 16.0 Å². The van der Waals surface area contributed by atoms with Gasteiger partial charge in [0.1, 0.15) is 5.82 Å². The Kier molecular flexibility index (Phi) is 7.32. The van der Waals surface area contributed by atoms with Crippen LogP contribution >= 0.6 is 0 Å². The number of methoxy groups -OCH3 is 2. The number of likely N-dealkylation sites (N-methyl/N-ethyl adjacent to an activating group) is 1. The van der Waals surface area contributed by atoms with Gasteiger partial charge in [-0.3, -0.25) is 0 Å². The van der Waals surface area contributed by atoms with Gasteiger partial charge >= 0.3 is 0 Å². The molecule has 1 aromatic rings. The minimum Gasteiger partial charge on any atom is -0.383 e. The highest BCUT2D eigenvalue weighted by atomic mass is 16.5. The van der Waals surface area contributed by atoms with E-state index in [2.05, 4.69) is 21.3 Å². The van der Waals surface area contributed by atoms with E-state index in [1.807, 2.05) is 19.3 Å². The summed E-state index contributed by atoms with van der Waals surface area (Å²) in [6.07, 6.45) is 1.90.